The van der Waals surface area contributed by atoms with Gasteiger partial charge < -0.3 is 9.94 Å². The predicted octanol–water partition coefficient (Wildman–Crippen LogP) is 1.19. The van der Waals surface area contributed by atoms with E-state index in [1.54, 1.807) is 0 Å². The number of carbonyl (C=O) groups is 1. The topological polar surface area (TPSA) is 72.5 Å². The molecule has 1 rings (SSSR count). The van der Waals surface area contributed by atoms with Gasteiger partial charge in [0.25, 0.3) is 0 Å². The molecule has 1 aromatic carbocycles. The van der Waals surface area contributed by atoms with E-state index in [1.165, 1.54) is 18.2 Å². The van der Waals surface area contributed by atoms with Crippen molar-refractivity contribution >= 4 is 21.9 Å². The quantitative estimate of drug-likeness (QED) is 0.713. The maximum Gasteiger partial charge on any atom is 0.356 e. The average Bonchev–Trinajstić information content (AvgIpc) is 2.08. The monoisotopic (exact) mass is 231 g/mol. The first-order valence-corrected chi connectivity index (χ1v) is 3.84. The summed E-state index contributed by atoms with van der Waals surface area (Å²) in [6, 6.07) is 4.28. The lowest BCUT2D eigenvalue weighted by molar-refractivity contribution is 0.0503. The number of phenols is 1. The van der Waals surface area contributed by atoms with E-state index in [0.29, 0.717) is 4.47 Å². The van der Waals surface area contributed by atoms with Gasteiger partial charge in [0.05, 0.1) is 10.0 Å². The summed E-state index contributed by atoms with van der Waals surface area (Å²) in [4.78, 5) is 14.8. The normalized spacial score (nSPS) is 9.50. The number of halogens is 1. The highest BCUT2D eigenvalue weighted by atomic mass is 79.9. The molecule has 5 heteroatoms. The summed E-state index contributed by atoms with van der Waals surface area (Å²) in [5.74, 6) is 3.94. The third kappa shape index (κ3) is 1.75. The number of aromatic hydroxyl groups is 1. The van der Waals surface area contributed by atoms with Crippen LogP contribution in [0.2, 0.25) is 0 Å². The number of carbonyl (C=O) groups excluding carboxylic acids is 1. The summed E-state index contributed by atoms with van der Waals surface area (Å²) in [7, 11) is 0. The smallest absolute Gasteiger partial charge is 0.356 e. The first kappa shape index (κ1) is 9.02. The second kappa shape index (κ2) is 3.55. The second-order valence-corrected chi connectivity index (χ2v) is 2.93. The minimum Gasteiger partial charge on any atom is -0.507 e. The Hall–Kier alpha value is -1.07. The number of benzene rings is 1. The number of hydrogen-bond acceptors (Lipinski definition) is 4. The Labute approximate surface area is 77.0 Å². The fraction of sp³-hybridized carbons (Fsp3) is 0. The minimum atomic E-state index is -0.683. The molecule has 0 spiro atoms. The van der Waals surface area contributed by atoms with Crippen LogP contribution in [0.25, 0.3) is 0 Å². The van der Waals surface area contributed by atoms with Gasteiger partial charge in [0, 0.05) is 0 Å². The van der Waals surface area contributed by atoms with Crippen LogP contribution in [0.15, 0.2) is 22.7 Å². The van der Waals surface area contributed by atoms with Crippen LogP contribution in [0.3, 0.4) is 0 Å². The Kier molecular flexibility index (Phi) is 2.67. The number of rotatable bonds is 1. The Morgan fingerprint density at radius 2 is 2.25 bits per heavy atom. The molecule has 0 heterocycles. The van der Waals surface area contributed by atoms with Crippen molar-refractivity contribution in [1.82, 2.24) is 0 Å². The summed E-state index contributed by atoms with van der Waals surface area (Å²) in [5.41, 5.74) is 0.207. The van der Waals surface area contributed by atoms with Gasteiger partial charge >= 0.3 is 5.97 Å². The van der Waals surface area contributed by atoms with E-state index in [-0.39, 0.29) is 11.3 Å². The van der Waals surface area contributed by atoms with Crippen molar-refractivity contribution in [1.29, 1.82) is 0 Å². The van der Waals surface area contributed by atoms with Crippen LogP contribution in [0.1, 0.15) is 10.4 Å². The minimum absolute atomic E-state index is 0.0297. The van der Waals surface area contributed by atoms with Crippen molar-refractivity contribution in [2.45, 2.75) is 0 Å². The van der Waals surface area contributed by atoms with Crippen LogP contribution >= 0.6 is 15.9 Å². The first-order valence-electron chi connectivity index (χ1n) is 3.04. The fourth-order valence-electron chi connectivity index (χ4n) is 0.708. The molecule has 0 aliphatic rings. The molecular formula is C7H6BrNO3. The van der Waals surface area contributed by atoms with Crippen LogP contribution in [-0.4, -0.2) is 11.1 Å². The van der Waals surface area contributed by atoms with Gasteiger partial charge in [-0.3, -0.25) is 0 Å². The van der Waals surface area contributed by atoms with E-state index in [2.05, 4.69) is 26.7 Å². The van der Waals surface area contributed by atoms with Crippen molar-refractivity contribution in [3.63, 3.8) is 0 Å². The maximum atomic E-state index is 10.8. The standard InChI is InChI=1S/C7H6BrNO3/c8-5-2-1-4(3-6(5)10)7(11)12-9/h1-3,10H,9H2. The Morgan fingerprint density at radius 3 is 2.75 bits per heavy atom. The average molecular weight is 232 g/mol. The molecule has 0 fully saturated rings. The van der Waals surface area contributed by atoms with E-state index in [1.807, 2.05) is 0 Å². The highest BCUT2D eigenvalue weighted by Gasteiger charge is 2.07. The van der Waals surface area contributed by atoms with Crippen LogP contribution in [0.4, 0.5) is 0 Å². The molecule has 1 aromatic rings. The largest absolute Gasteiger partial charge is 0.507 e. The first-order chi connectivity index (χ1) is 5.65. The number of hydrogen-bond donors (Lipinski definition) is 2. The molecule has 0 radical (unpaired) electrons. The van der Waals surface area contributed by atoms with Crippen LogP contribution < -0.4 is 5.90 Å². The van der Waals surface area contributed by atoms with Gasteiger partial charge in [-0.25, -0.2) is 4.79 Å². The Bertz CT molecular complexity index is 314. The van der Waals surface area contributed by atoms with E-state index < -0.39 is 5.97 Å². The van der Waals surface area contributed by atoms with Crippen molar-refractivity contribution in [3.8, 4) is 5.75 Å². The van der Waals surface area contributed by atoms with E-state index in [9.17, 15) is 4.79 Å². The van der Waals surface area contributed by atoms with E-state index >= 15 is 0 Å². The van der Waals surface area contributed by atoms with Crippen LogP contribution in [0, 0.1) is 0 Å². The summed E-state index contributed by atoms with van der Waals surface area (Å²) in [6.45, 7) is 0. The molecule has 0 bridgehead atoms. The zero-order valence-corrected chi connectivity index (χ0v) is 7.54. The van der Waals surface area contributed by atoms with Crippen molar-refractivity contribution in [3.05, 3.63) is 28.2 Å². The van der Waals surface area contributed by atoms with E-state index in [0.717, 1.165) is 0 Å². The van der Waals surface area contributed by atoms with Gasteiger partial charge in [0.15, 0.2) is 0 Å². The Morgan fingerprint density at radius 1 is 1.58 bits per heavy atom. The van der Waals surface area contributed by atoms with Gasteiger partial charge in [0.1, 0.15) is 5.75 Å². The zero-order valence-electron chi connectivity index (χ0n) is 5.95. The van der Waals surface area contributed by atoms with Gasteiger partial charge in [-0.15, -0.1) is 0 Å². The van der Waals surface area contributed by atoms with Crippen LogP contribution in [0.5, 0.6) is 5.75 Å². The fourth-order valence-corrected chi connectivity index (χ4v) is 0.954. The molecule has 0 aliphatic heterocycles. The van der Waals surface area contributed by atoms with Gasteiger partial charge in [0.2, 0.25) is 0 Å². The molecule has 0 amide bonds. The second-order valence-electron chi connectivity index (χ2n) is 2.07. The summed E-state index contributed by atoms with van der Waals surface area (Å²) in [5, 5.41) is 9.15. The lowest BCUT2D eigenvalue weighted by Gasteiger charge is -1.99. The lowest BCUT2D eigenvalue weighted by Crippen LogP contribution is -2.09. The van der Waals surface area contributed by atoms with Gasteiger partial charge in [-0.1, -0.05) is 0 Å². The molecule has 0 saturated heterocycles. The van der Waals surface area contributed by atoms with Gasteiger partial charge in [-0.2, -0.15) is 5.90 Å². The van der Waals surface area contributed by atoms with Crippen LogP contribution in [-0.2, 0) is 4.84 Å². The van der Waals surface area contributed by atoms with Crippen molar-refractivity contribution in [2.75, 3.05) is 0 Å². The zero-order chi connectivity index (χ0) is 9.14. The number of nitrogens with two attached hydrogens (primary N) is 1. The lowest BCUT2D eigenvalue weighted by atomic mass is 10.2. The third-order valence-corrected chi connectivity index (χ3v) is 1.96. The highest BCUT2D eigenvalue weighted by molar-refractivity contribution is 9.10. The predicted molar refractivity (Wildman–Crippen MR) is 45.4 cm³/mol. The molecule has 64 valence electrons. The van der Waals surface area contributed by atoms with Gasteiger partial charge in [-0.05, 0) is 34.1 Å². The molecule has 0 atom stereocenters. The van der Waals surface area contributed by atoms with Crippen molar-refractivity contribution < 1.29 is 14.7 Å². The third-order valence-electron chi connectivity index (χ3n) is 1.29. The summed E-state index contributed by atoms with van der Waals surface area (Å²) >= 11 is 3.07. The molecule has 0 aromatic heterocycles. The summed E-state index contributed by atoms with van der Waals surface area (Å²) in [6.07, 6.45) is 0. The number of phenolic OH excluding ortho intramolecular Hbond substituents is 1. The molecule has 0 unspecified atom stereocenters. The Balaban J connectivity index is 3.05. The molecule has 12 heavy (non-hydrogen) atoms. The summed E-state index contributed by atoms with van der Waals surface area (Å²) < 4.78 is 0.510. The van der Waals surface area contributed by atoms with E-state index in [4.69, 9.17) is 5.11 Å². The van der Waals surface area contributed by atoms with Crippen molar-refractivity contribution in [2.24, 2.45) is 5.90 Å². The maximum absolute atomic E-state index is 10.8. The molecule has 3 N–H and O–H groups in total. The molecular weight excluding hydrogens is 226 g/mol. The molecule has 0 saturated carbocycles. The molecule has 0 aliphatic carbocycles. The highest BCUT2D eigenvalue weighted by Crippen LogP contribution is 2.24. The SMILES string of the molecule is NOC(=O)c1ccc(Br)c(O)c1. The molecule has 4 nitrogen and oxygen atoms in total.